The zero-order valence-electron chi connectivity index (χ0n) is 17.0. The Hall–Kier alpha value is -2.25. The van der Waals surface area contributed by atoms with Crippen LogP contribution in [-0.4, -0.2) is 84.5 Å². The number of hydrogen-bond acceptors (Lipinski definition) is 10. The summed E-state index contributed by atoms with van der Waals surface area (Å²) in [5, 5.41) is 0. The normalized spacial score (nSPS) is 24.2. The first-order valence-electron chi connectivity index (χ1n) is 8.13. The van der Waals surface area contributed by atoms with E-state index in [4.69, 9.17) is 21.6 Å². The molecule has 4 unspecified atom stereocenters. The number of ether oxygens (including phenoxy) is 3. The van der Waals surface area contributed by atoms with Crippen molar-refractivity contribution >= 4 is 40.8 Å². The Balaban J connectivity index is 0. The van der Waals surface area contributed by atoms with Crippen LogP contribution in [0.4, 0.5) is 26.3 Å². The quantitative estimate of drug-likeness (QED) is 0.213. The third kappa shape index (κ3) is 10.0. The van der Waals surface area contributed by atoms with Gasteiger partial charge in [0.2, 0.25) is 5.91 Å². The van der Waals surface area contributed by atoms with Crippen molar-refractivity contribution in [2.75, 3.05) is 14.2 Å². The van der Waals surface area contributed by atoms with E-state index in [0.717, 1.165) is 0 Å². The SMILES string of the molecule is COC(=O)C1C(=O)[C@H](C)C2C(C(C)OC)C(=O)N12.FC(F)(F)OC(F)(F)F.O=S=O.O=S=O. The molecule has 19 heteroatoms. The van der Waals surface area contributed by atoms with E-state index >= 15 is 0 Å². The van der Waals surface area contributed by atoms with Crippen LogP contribution in [0.15, 0.2) is 0 Å². The number of nitrogens with zero attached hydrogens (tertiary/aromatic N) is 1. The second-order valence-corrected chi connectivity index (χ2v) is 6.22. The number of rotatable bonds is 3. The van der Waals surface area contributed by atoms with Crippen LogP contribution in [0.5, 0.6) is 0 Å². The average molecular weight is 537 g/mol. The van der Waals surface area contributed by atoms with E-state index in [1.54, 1.807) is 18.6 Å². The van der Waals surface area contributed by atoms with Crippen LogP contribution in [-0.2, 0) is 51.7 Å². The van der Waals surface area contributed by atoms with Crippen LogP contribution in [0.3, 0.4) is 0 Å². The van der Waals surface area contributed by atoms with Crippen LogP contribution in [0.2, 0.25) is 0 Å². The molecule has 0 radical (unpaired) electrons. The Labute approximate surface area is 188 Å². The first-order valence-corrected chi connectivity index (χ1v) is 9.46. The maximum absolute atomic E-state index is 12.1. The highest BCUT2D eigenvalue weighted by molar-refractivity contribution is 7.51. The van der Waals surface area contributed by atoms with E-state index in [-0.39, 0.29) is 35.7 Å². The lowest BCUT2D eigenvalue weighted by Crippen LogP contribution is -2.66. The first-order chi connectivity index (χ1) is 15.0. The lowest BCUT2D eigenvalue weighted by atomic mass is 9.79. The van der Waals surface area contributed by atoms with Crippen molar-refractivity contribution < 1.29 is 71.8 Å². The summed E-state index contributed by atoms with van der Waals surface area (Å²) in [6, 6.07) is -1.31. The third-order valence-corrected chi connectivity index (χ3v) is 4.27. The van der Waals surface area contributed by atoms with Gasteiger partial charge in [-0.3, -0.25) is 9.59 Å². The molecule has 0 spiro atoms. The molecule has 0 aromatic rings. The van der Waals surface area contributed by atoms with Gasteiger partial charge in [-0.25, -0.2) is 4.79 Å². The molecule has 0 saturated carbocycles. The fraction of sp³-hybridized carbons (Fsp3) is 0.786. The highest BCUT2D eigenvalue weighted by atomic mass is 32.1. The third-order valence-electron chi connectivity index (χ3n) is 4.27. The highest BCUT2D eigenvalue weighted by Crippen LogP contribution is 2.43. The van der Waals surface area contributed by atoms with E-state index in [1.165, 1.54) is 19.1 Å². The zero-order chi connectivity index (χ0) is 26.7. The van der Waals surface area contributed by atoms with E-state index in [0.29, 0.717) is 0 Å². The van der Waals surface area contributed by atoms with Gasteiger partial charge in [0, 0.05) is 13.0 Å². The van der Waals surface area contributed by atoms with Crippen LogP contribution >= 0.6 is 0 Å². The molecule has 0 bridgehead atoms. The van der Waals surface area contributed by atoms with Gasteiger partial charge < -0.3 is 14.4 Å². The second kappa shape index (κ2) is 14.1. The van der Waals surface area contributed by atoms with Crippen LogP contribution < -0.4 is 0 Å². The topological polar surface area (TPSA) is 150 Å². The van der Waals surface area contributed by atoms with E-state index < -0.39 is 47.9 Å². The van der Waals surface area contributed by atoms with Crippen molar-refractivity contribution in [1.82, 2.24) is 4.90 Å². The Morgan fingerprint density at radius 2 is 1.36 bits per heavy atom. The molecule has 11 nitrogen and oxygen atoms in total. The number of carbonyl (C=O) groups is 3. The summed E-state index contributed by atoms with van der Waals surface area (Å²) in [5.41, 5.74) is 0. The fourth-order valence-corrected chi connectivity index (χ4v) is 3.06. The van der Waals surface area contributed by atoms with Crippen LogP contribution in [0.25, 0.3) is 0 Å². The molecule has 2 rings (SSSR count). The van der Waals surface area contributed by atoms with Crippen molar-refractivity contribution in [1.29, 1.82) is 0 Å². The molecule has 2 aliphatic rings. The lowest BCUT2D eigenvalue weighted by molar-refractivity contribution is -0.463. The van der Waals surface area contributed by atoms with Crippen LogP contribution in [0, 0.1) is 11.8 Å². The van der Waals surface area contributed by atoms with Gasteiger partial charge in [0.25, 0.3) is 0 Å². The molecule has 0 aliphatic carbocycles. The van der Waals surface area contributed by atoms with Gasteiger partial charge >= 0.3 is 41.8 Å². The summed E-state index contributed by atoms with van der Waals surface area (Å²) in [7, 11) is 2.74. The second-order valence-electron chi connectivity index (χ2n) is 5.95. The maximum atomic E-state index is 12.1. The standard InChI is InChI=1S/C12H17NO5.C2F6O.2O2S/c1-5-8-7(6(2)17-3)11(15)13(8)9(10(5)14)12(16)18-4;3-1(4,5)9-2(6,7)8;2*1-3-2/h5-9H,1-4H3;;;/t5-,6?,7?,8?,9?;;;/m1.../s1. The van der Waals surface area contributed by atoms with Gasteiger partial charge in [0.15, 0.2) is 11.8 Å². The number of esters is 1. The molecule has 1 amide bonds. The molecular weight excluding hydrogens is 520 g/mol. The molecule has 192 valence electrons. The van der Waals surface area contributed by atoms with Gasteiger partial charge in [-0.1, -0.05) is 6.92 Å². The summed E-state index contributed by atoms with van der Waals surface area (Å²) in [4.78, 5) is 37.0. The van der Waals surface area contributed by atoms with Gasteiger partial charge in [-0.15, -0.1) is 26.3 Å². The van der Waals surface area contributed by atoms with Gasteiger partial charge in [-0.05, 0) is 6.92 Å². The minimum Gasteiger partial charge on any atom is -0.467 e. The summed E-state index contributed by atoms with van der Waals surface area (Å²) in [6.45, 7) is 3.54. The monoisotopic (exact) mass is 537 g/mol. The molecule has 0 aromatic heterocycles. The first kappa shape index (κ1) is 32.9. The van der Waals surface area contributed by atoms with Gasteiger partial charge in [0.05, 0.1) is 25.2 Å². The van der Waals surface area contributed by atoms with E-state index in [2.05, 4.69) is 4.74 Å². The number of halogens is 6. The summed E-state index contributed by atoms with van der Waals surface area (Å²) < 4.78 is 108. The molecule has 2 heterocycles. The van der Waals surface area contributed by atoms with E-state index in [1.807, 2.05) is 0 Å². The van der Waals surface area contributed by atoms with Gasteiger partial charge in [-0.2, -0.15) is 21.6 Å². The lowest BCUT2D eigenvalue weighted by Gasteiger charge is -2.47. The molecule has 5 atom stereocenters. The predicted octanol–water partition coefficient (Wildman–Crippen LogP) is 0.311. The average Bonchev–Trinajstić information content (AvgIpc) is 2.88. The minimum atomic E-state index is -5.64. The number of amides is 1. The number of ketones is 1. The summed E-state index contributed by atoms with van der Waals surface area (Å²) in [5.74, 6) is -1.81. The van der Waals surface area contributed by atoms with Crippen molar-refractivity contribution in [2.45, 2.75) is 44.8 Å². The number of hydrogen-bond donors (Lipinski definition) is 0. The smallest absolute Gasteiger partial charge is 0.467 e. The molecule has 2 aliphatic heterocycles. The molecular formula is C14H17F6NO10S2. The number of fused-ring (bicyclic) bond motifs is 1. The van der Waals surface area contributed by atoms with Crippen molar-refractivity contribution in [3.63, 3.8) is 0 Å². The Kier molecular flexibility index (Phi) is 14.1. The largest absolute Gasteiger partial charge is 0.529 e. The number of Topliss-reactive ketones (excluding diaryl/α,β-unsaturated/α-hetero) is 1. The van der Waals surface area contributed by atoms with Crippen LogP contribution in [0.1, 0.15) is 13.8 Å². The number of carbonyl (C=O) groups excluding carboxylic acids is 3. The molecule has 2 saturated heterocycles. The van der Waals surface area contributed by atoms with Crippen molar-refractivity contribution in [3.8, 4) is 0 Å². The number of alkyl halides is 6. The molecule has 0 aromatic carbocycles. The summed E-state index contributed by atoms with van der Waals surface area (Å²) >= 11 is -1.50. The number of β-lactam (4-membered cyclic amide) rings is 1. The minimum absolute atomic E-state index is 0.206. The van der Waals surface area contributed by atoms with Crippen molar-refractivity contribution in [2.24, 2.45) is 11.8 Å². The van der Waals surface area contributed by atoms with Crippen molar-refractivity contribution in [3.05, 3.63) is 0 Å². The maximum Gasteiger partial charge on any atom is 0.529 e. The predicted molar refractivity (Wildman–Crippen MR) is 91.6 cm³/mol. The number of methoxy groups -OCH3 is 2. The van der Waals surface area contributed by atoms with E-state index in [9.17, 15) is 40.7 Å². The zero-order valence-corrected chi connectivity index (χ0v) is 18.6. The van der Waals surface area contributed by atoms with Gasteiger partial charge in [0.1, 0.15) is 0 Å². The highest BCUT2D eigenvalue weighted by Gasteiger charge is 2.64. The Morgan fingerprint density at radius 1 is 0.970 bits per heavy atom. The summed E-state index contributed by atoms with van der Waals surface area (Å²) in [6.07, 6.45) is -11.5. The Morgan fingerprint density at radius 3 is 1.64 bits per heavy atom. The fourth-order valence-electron chi connectivity index (χ4n) is 3.06. The Bertz CT molecular complexity index is 741. The molecule has 33 heavy (non-hydrogen) atoms. The molecule has 2 fully saturated rings. The molecule has 0 N–H and O–H groups in total.